The van der Waals surface area contributed by atoms with Gasteiger partial charge in [0.05, 0.1) is 5.71 Å². The molecule has 0 aliphatic carbocycles. The summed E-state index contributed by atoms with van der Waals surface area (Å²) in [7, 11) is 0. The van der Waals surface area contributed by atoms with Crippen molar-refractivity contribution in [2.75, 3.05) is 6.61 Å². The Hall–Kier alpha value is -0.530. The van der Waals surface area contributed by atoms with Crippen LogP contribution in [-0.4, -0.2) is 12.3 Å². The van der Waals surface area contributed by atoms with Gasteiger partial charge in [-0.2, -0.15) is 0 Å². The lowest BCUT2D eigenvalue weighted by molar-refractivity contribution is 0.118. The predicted octanol–water partition coefficient (Wildman–Crippen LogP) is 1.87. The average Bonchev–Trinajstić information content (AvgIpc) is 1.63. The third kappa shape index (κ3) is 7.47. The lowest BCUT2D eigenvalue weighted by Crippen LogP contribution is -1.98. The molecule has 2 heteroatoms. The largest absolute Gasteiger partial charge is 0.396 e. The molecule has 0 bridgehead atoms. The van der Waals surface area contributed by atoms with E-state index in [-0.39, 0.29) is 0 Å². The Morgan fingerprint density at radius 2 is 2.22 bits per heavy atom. The van der Waals surface area contributed by atoms with Gasteiger partial charge in [0.2, 0.25) is 0 Å². The minimum atomic E-state index is 0.535. The fourth-order valence-electron chi connectivity index (χ4n) is 0.297. The van der Waals surface area contributed by atoms with Gasteiger partial charge in [-0.1, -0.05) is 19.0 Å². The highest BCUT2D eigenvalue weighted by molar-refractivity contribution is 5.85. The van der Waals surface area contributed by atoms with Crippen LogP contribution < -0.4 is 0 Å². The number of hydrogen-bond acceptors (Lipinski definition) is 2. The van der Waals surface area contributed by atoms with Gasteiger partial charge >= 0.3 is 0 Å². The number of nitrogens with zero attached hydrogens (tertiary/aromatic N) is 1. The molecule has 1 radical (unpaired) electrons. The van der Waals surface area contributed by atoms with Crippen molar-refractivity contribution >= 4 is 5.71 Å². The Morgan fingerprint density at radius 3 is 2.56 bits per heavy atom. The van der Waals surface area contributed by atoms with Crippen LogP contribution >= 0.6 is 0 Å². The summed E-state index contributed by atoms with van der Waals surface area (Å²) in [6.07, 6.45) is 0. The summed E-state index contributed by atoms with van der Waals surface area (Å²) in [5.74, 6) is 0.535. The second-order valence-corrected chi connectivity index (χ2v) is 2.52. The Labute approximate surface area is 56.9 Å². The number of hydrogen-bond donors (Lipinski definition) is 0. The van der Waals surface area contributed by atoms with Gasteiger partial charge in [0.15, 0.2) is 0 Å². The highest BCUT2D eigenvalue weighted by Crippen LogP contribution is 1.92. The van der Waals surface area contributed by atoms with Gasteiger partial charge in [0.1, 0.15) is 6.61 Å². The maximum Gasteiger partial charge on any atom is 0.119 e. The summed E-state index contributed by atoms with van der Waals surface area (Å²) >= 11 is 0. The summed E-state index contributed by atoms with van der Waals surface area (Å²) in [5.41, 5.74) is 0.718. The van der Waals surface area contributed by atoms with Gasteiger partial charge in [0, 0.05) is 0 Å². The van der Waals surface area contributed by atoms with Crippen molar-refractivity contribution < 1.29 is 4.84 Å². The molecule has 0 saturated heterocycles. The maximum atomic E-state index is 4.88. The summed E-state index contributed by atoms with van der Waals surface area (Å²) < 4.78 is 0. The molecule has 0 unspecified atom stereocenters. The molecule has 0 aromatic carbocycles. The van der Waals surface area contributed by atoms with Crippen molar-refractivity contribution in [3.63, 3.8) is 0 Å². The van der Waals surface area contributed by atoms with E-state index in [0.717, 1.165) is 5.71 Å². The molecule has 0 saturated carbocycles. The molecule has 53 valence electrons. The van der Waals surface area contributed by atoms with Gasteiger partial charge in [0.25, 0.3) is 0 Å². The van der Waals surface area contributed by atoms with Crippen LogP contribution in [0.2, 0.25) is 0 Å². The van der Waals surface area contributed by atoms with Crippen LogP contribution in [0.25, 0.3) is 0 Å². The van der Waals surface area contributed by atoms with E-state index in [1.807, 2.05) is 0 Å². The SMILES string of the molecule is [CH2]/C(C)=N/OCC(C)C. The first-order valence-corrected chi connectivity index (χ1v) is 3.11. The zero-order valence-corrected chi connectivity index (χ0v) is 6.35. The van der Waals surface area contributed by atoms with Crippen molar-refractivity contribution in [1.82, 2.24) is 0 Å². The van der Waals surface area contributed by atoms with Gasteiger partial charge in [-0.25, -0.2) is 0 Å². The zero-order chi connectivity index (χ0) is 7.28. The first-order valence-electron chi connectivity index (χ1n) is 3.11. The van der Waals surface area contributed by atoms with Gasteiger partial charge in [-0.15, -0.1) is 0 Å². The fraction of sp³-hybridized carbons (Fsp3) is 0.714. The van der Waals surface area contributed by atoms with Crippen LogP contribution in [-0.2, 0) is 4.84 Å². The molecule has 9 heavy (non-hydrogen) atoms. The molecular weight excluding hydrogens is 114 g/mol. The highest BCUT2D eigenvalue weighted by atomic mass is 16.6. The van der Waals surface area contributed by atoms with Crippen LogP contribution in [0.1, 0.15) is 20.8 Å². The monoisotopic (exact) mass is 128 g/mol. The van der Waals surface area contributed by atoms with E-state index in [1.165, 1.54) is 0 Å². The molecule has 0 aromatic heterocycles. The highest BCUT2D eigenvalue weighted by Gasteiger charge is 1.90. The quantitative estimate of drug-likeness (QED) is 0.420. The van der Waals surface area contributed by atoms with E-state index >= 15 is 0 Å². The number of rotatable bonds is 3. The van der Waals surface area contributed by atoms with E-state index in [2.05, 4.69) is 25.9 Å². The van der Waals surface area contributed by atoms with Crippen molar-refractivity contribution in [2.45, 2.75) is 20.8 Å². The minimum Gasteiger partial charge on any atom is -0.396 e. The molecule has 0 heterocycles. The number of oxime groups is 1. The van der Waals surface area contributed by atoms with E-state index in [9.17, 15) is 0 Å². The van der Waals surface area contributed by atoms with Crippen molar-refractivity contribution in [2.24, 2.45) is 11.1 Å². The van der Waals surface area contributed by atoms with Crippen molar-refractivity contribution in [3.8, 4) is 0 Å². The van der Waals surface area contributed by atoms with Crippen LogP contribution in [0.5, 0.6) is 0 Å². The summed E-state index contributed by atoms with van der Waals surface area (Å²) in [6.45, 7) is 10.2. The second-order valence-electron chi connectivity index (χ2n) is 2.52. The second kappa shape index (κ2) is 4.36. The summed E-state index contributed by atoms with van der Waals surface area (Å²) in [5, 5.41) is 3.67. The van der Waals surface area contributed by atoms with Crippen LogP contribution in [0.15, 0.2) is 5.16 Å². The zero-order valence-electron chi connectivity index (χ0n) is 6.35. The van der Waals surface area contributed by atoms with Crippen LogP contribution in [0.3, 0.4) is 0 Å². The van der Waals surface area contributed by atoms with E-state index in [4.69, 9.17) is 4.84 Å². The summed E-state index contributed by atoms with van der Waals surface area (Å²) in [6, 6.07) is 0. The maximum absolute atomic E-state index is 4.88. The predicted molar refractivity (Wildman–Crippen MR) is 39.3 cm³/mol. The van der Waals surface area contributed by atoms with E-state index < -0.39 is 0 Å². The minimum absolute atomic E-state index is 0.535. The fourth-order valence-corrected chi connectivity index (χ4v) is 0.297. The van der Waals surface area contributed by atoms with Crippen LogP contribution in [0, 0.1) is 12.8 Å². The molecule has 0 aliphatic rings. The Morgan fingerprint density at radius 1 is 1.67 bits per heavy atom. The van der Waals surface area contributed by atoms with E-state index in [0.29, 0.717) is 12.5 Å². The Kier molecular flexibility index (Phi) is 4.10. The van der Waals surface area contributed by atoms with Gasteiger partial charge < -0.3 is 4.84 Å². The molecule has 0 N–H and O–H groups in total. The van der Waals surface area contributed by atoms with Crippen LogP contribution in [0.4, 0.5) is 0 Å². The molecular formula is C7H14NO. The normalized spacial score (nSPS) is 12.3. The molecule has 2 nitrogen and oxygen atoms in total. The van der Waals surface area contributed by atoms with Crippen molar-refractivity contribution in [3.05, 3.63) is 6.92 Å². The van der Waals surface area contributed by atoms with E-state index in [1.54, 1.807) is 6.92 Å². The first kappa shape index (κ1) is 8.47. The molecule has 0 amide bonds. The molecule has 0 fully saturated rings. The van der Waals surface area contributed by atoms with Crippen molar-refractivity contribution in [1.29, 1.82) is 0 Å². The Bertz CT molecular complexity index is 93.1. The molecule has 0 aromatic rings. The molecule has 0 atom stereocenters. The summed E-state index contributed by atoms with van der Waals surface area (Å²) in [4.78, 5) is 4.88. The smallest absolute Gasteiger partial charge is 0.119 e. The molecule has 0 rings (SSSR count). The lowest BCUT2D eigenvalue weighted by atomic mass is 10.2. The molecule has 0 spiro atoms. The van der Waals surface area contributed by atoms with Gasteiger partial charge in [-0.05, 0) is 19.8 Å². The molecule has 0 aliphatic heterocycles. The topological polar surface area (TPSA) is 21.6 Å². The third-order valence-electron chi connectivity index (χ3n) is 0.628. The van der Waals surface area contributed by atoms with Gasteiger partial charge in [-0.3, -0.25) is 0 Å². The lowest BCUT2D eigenvalue weighted by Gasteiger charge is -2.01. The third-order valence-corrected chi connectivity index (χ3v) is 0.628. The Balaban J connectivity index is 3.20. The average molecular weight is 128 g/mol. The first-order chi connectivity index (χ1) is 4.13. The standard InChI is InChI=1S/C7H14NO/c1-6(2)5-9-8-7(3)4/h6H,3,5H2,1-2,4H3/b8-7-.